The lowest BCUT2D eigenvalue weighted by molar-refractivity contribution is 0.601. The van der Waals surface area contributed by atoms with E-state index in [0.717, 1.165) is 36.1 Å². The molecule has 1 aromatic heterocycles. The molecule has 126 valence electrons. The van der Waals surface area contributed by atoms with E-state index in [1.165, 1.54) is 28.5 Å². The van der Waals surface area contributed by atoms with Crippen LogP contribution in [0.5, 0.6) is 0 Å². The number of halogens is 1. The second kappa shape index (κ2) is 6.67. The molecule has 1 atom stereocenters. The minimum atomic E-state index is -0.234. The summed E-state index contributed by atoms with van der Waals surface area (Å²) >= 11 is 0. The van der Waals surface area contributed by atoms with Crippen LogP contribution in [0.1, 0.15) is 37.1 Å². The highest BCUT2D eigenvalue weighted by Crippen LogP contribution is 2.31. The maximum atomic E-state index is 13.4. The molecule has 0 spiro atoms. The summed E-state index contributed by atoms with van der Waals surface area (Å²) in [7, 11) is 0. The van der Waals surface area contributed by atoms with Crippen molar-refractivity contribution in [1.82, 2.24) is 9.97 Å². The van der Waals surface area contributed by atoms with Gasteiger partial charge in [0.1, 0.15) is 11.6 Å². The third kappa shape index (κ3) is 3.14. The van der Waals surface area contributed by atoms with Crippen LogP contribution in [0.2, 0.25) is 0 Å². The van der Waals surface area contributed by atoms with Gasteiger partial charge in [-0.25, -0.2) is 9.37 Å². The summed E-state index contributed by atoms with van der Waals surface area (Å²) in [6.07, 6.45) is 3.04. The van der Waals surface area contributed by atoms with Crippen molar-refractivity contribution in [3.05, 3.63) is 77.9 Å². The van der Waals surface area contributed by atoms with Gasteiger partial charge < -0.3 is 4.98 Å². The van der Waals surface area contributed by atoms with Gasteiger partial charge in [-0.2, -0.15) is 0 Å². The summed E-state index contributed by atoms with van der Waals surface area (Å²) in [6, 6.07) is 19.8. The average molecular weight is 332 g/mol. The Morgan fingerprint density at radius 3 is 2.76 bits per heavy atom. The highest BCUT2D eigenvalue weighted by atomic mass is 19.1. The van der Waals surface area contributed by atoms with E-state index in [-0.39, 0.29) is 5.82 Å². The first-order chi connectivity index (χ1) is 12.2. The maximum Gasteiger partial charge on any atom is 0.125 e. The van der Waals surface area contributed by atoms with E-state index in [2.05, 4.69) is 59.4 Å². The predicted octanol–water partition coefficient (Wildman–Crippen LogP) is 5.98. The van der Waals surface area contributed by atoms with E-state index in [9.17, 15) is 4.39 Å². The van der Waals surface area contributed by atoms with Crippen LogP contribution >= 0.6 is 0 Å². The van der Waals surface area contributed by atoms with Crippen molar-refractivity contribution in [3.8, 4) is 0 Å². The minimum absolute atomic E-state index is 0.234. The van der Waals surface area contributed by atoms with Crippen molar-refractivity contribution in [2.24, 2.45) is 0 Å². The fraction of sp³-hybridized carbons (Fsp3) is 0.227. The molecular formula is C22H21FN2. The molecule has 2 nitrogen and oxygen atoms in total. The number of hydrogen-bond donors (Lipinski definition) is 1. The number of hydrogen-bond acceptors (Lipinski definition) is 1. The molecule has 0 bridgehead atoms. The highest BCUT2D eigenvalue weighted by Gasteiger charge is 2.16. The quantitative estimate of drug-likeness (QED) is 0.478. The normalized spacial score (nSPS) is 12.7. The Morgan fingerprint density at radius 1 is 1.04 bits per heavy atom. The van der Waals surface area contributed by atoms with Gasteiger partial charge in [-0.3, -0.25) is 0 Å². The predicted molar refractivity (Wildman–Crippen MR) is 101 cm³/mol. The van der Waals surface area contributed by atoms with Gasteiger partial charge in [0.15, 0.2) is 0 Å². The topological polar surface area (TPSA) is 28.7 Å². The van der Waals surface area contributed by atoms with Gasteiger partial charge in [0.05, 0.1) is 11.0 Å². The van der Waals surface area contributed by atoms with Crippen molar-refractivity contribution in [2.75, 3.05) is 0 Å². The number of imidazole rings is 1. The standard InChI is InChI=1S/C22H21FN2/c1-2-6-16(19-10-5-8-15-7-3-4-9-18(15)19)13-22-24-20-12-11-17(23)14-21(20)25-22/h3-5,7-12,14,16H,2,6,13H2,1H3,(H,24,25). The molecule has 0 radical (unpaired) electrons. The zero-order chi connectivity index (χ0) is 17.2. The van der Waals surface area contributed by atoms with Crippen LogP contribution in [-0.4, -0.2) is 9.97 Å². The van der Waals surface area contributed by atoms with Crippen LogP contribution in [0.4, 0.5) is 4.39 Å². The highest BCUT2D eigenvalue weighted by molar-refractivity contribution is 5.86. The molecule has 4 aromatic rings. The number of nitrogens with zero attached hydrogens (tertiary/aromatic N) is 1. The molecule has 0 aliphatic rings. The zero-order valence-electron chi connectivity index (χ0n) is 14.3. The van der Waals surface area contributed by atoms with E-state index in [1.807, 2.05) is 0 Å². The first kappa shape index (κ1) is 15.8. The summed E-state index contributed by atoms with van der Waals surface area (Å²) < 4.78 is 13.4. The fourth-order valence-electron chi connectivity index (χ4n) is 3.69. The summed E-state index contributed by atoms with van der Waals surface area (Å²) in [5, 5.41) is 2.58. The SMILES string of the molecule is CCCC(Cc1nc2ccc(F)cc2[nH]1)c1cccc2ccccc12. The van der Waals surface area contributed by atoms with E-state index >= 15 is 0 Å². The molecule has 3 heteroatoms. The number of benzene rings is 3. The Kier molecular flexibility index (Phi) is 4.22. The monoisotopic (exact) mass is 332 g/mol. The van der Waals surface area contributed by atoms with Gasteiger partial charge in [0, 0.05) is 6.42 Å². The van der Waals surface area contributed by atoms with E-state index in [4.69, 9.17) is 0 Å². The third-order valence-corrected chi connectivity index (χ3v) is 4.83. The van der Waals surface area contributed by atoms with E-state index in [1.54, 1.807) is 6.07 Å². The molecule has 0 aliphatic carbocycles. The van der Waals surface area contributed by atoms with Gasteiger partial charge in [-0.1, -0.05) is 55.8 Å². The van der Waals surface area contributed by atoms with Crippen LogP contribution in [-0.2, 0) is 6.42 Å². The molecule has 4 rings (SSSR count). The number of H-pyrrole nitrogens is 1. The lowest BCUT2D eigenvalue weighted by atomic mass is 9.87. The lowest BCUT2D eigenvalue weighted by Gasteiger charge is -2.18. The number of nitrogens with one attached hydrogen (secondary N) is 1. The molecular weight excluding hydrogens is 311 g/mol. The third-order valence-electron chi connectivity index (χ3n) is 4.83. The van der Waals surface area contributed by atoms with Gasteiger partial charge in [-0.05, 0) is 46.9 Å². The van der Waals surface area contributed by atoms with Crippen molar-refractivity contribution in [1.29, 1.82) is 0 Å². The minimum Gasteiger partial charge on any atom is -0.342 e. The zero-order valence-corrected chi connectivity index (χ0v) is 14.3. The Labute approximate surface area is 146 Å². The van der Waals surface area contributed by atoms with Crippen molar-refractivity contribution >= 4 is 21.8 Å². The molecule has 0 fully saturated rings. The number of fused-ring (bicyclic) bond motifs is 2. The Hall–Kier alpha value is -2.68. The van der Waals surface area contributed by atoms with Gasteiger partial charge >= 0.3 is 0 Å². The molecule has 0 aliphatic heterocycles. The second-order valence-electron chi connectivity index (χ2n) is 6.60. The molecule has 1 heterocycles. The molecule has 25 heavy (non-hydrogen) atoms. The maximum absolute atomic E-state index is 13.4. The molecule has 3 aromatic carbocycles. The average Bonchev–Trinajstić information content (AvgIpc) is 3.02. The van der Waals surface area contributed by atoms with Gasteiger partial charge in [0.25, 0.3) is 0 Å². The first-order valence-electron chi connectivity index (χ1n) is 8.86. The molecule has 0 amide bonds. The van der Waals surface area contributed by atoms with E-state index in [0.29, 0.717) is 5.92 Å². The van der Waals surface area contributed by atoms with Gasteiger partial charge in [0.2, 0.25) is 0 Å². The smallest absolute Gasteiger partial charge is 0.125 e. The molecule has 0 saturated heterocycles. The fourth-order valence-corrected chi connectivity index (χ4v) is 3.69. The van der Waals surface area contributed by atoms with Gasteiger partial charge in [-0.15, -0.1) is 0 Å². The van der Waals surface area contributed by atoms with Crippen LogP contribution in [0.3, 0.4) is 0 Å². The Morgan fingerprint density at radius 2 is 1.88 bits per heavy atom. The molecule has 1 unspecified atom stereocenters. The van der Waals surface area contributed by atoms with Crippen LogP contribution < -0.4 is 0 Å². The van der Waals surface area contributed by atoms with Crippen molar-refractivity contribution in [3.63, 3.8) is 0 Å². The Balaban J connectivity index is 1.72. The Bertz CT molecular complexity index is 1010. The largest absolute Gasteiger partial charge is 0.342 e. The van der Waals surface area contributed by atoms with Crippen molar-refractivity contribution in [2.45, 2.75) is 32.1 Å². The summed E-state index contributed by atoms with van der Waals surface area (Å²) in [5.41, 5.74) is 2.96. The number of aromatic amines is 1. The van der Waals surface area contributed by atoms with Crippen LogP contribution in [0.15, 0.2) is 60.7 Å². The summed E-state index contributed by atoms with van der Waals surface area (Å²) in [4.78, 5) is 7.95. The van der Waals surface area contributed by atoms with Crippen LogP contribution in [0, 0.1) is 5.82 Å². The first-order valence-corrected chi connectivity index (χ1v) is 8.86. The summed E-state index contributed by atoms with van der Waals surface area (Å²) in [5.74, 6) is 1.08. The molecule has 0 saturated carbocycles. The van der Waals surface area contributed by atoms with Crippen molar-refractivity contribution < 1.29 is 4.39 Å². The van der Waals surface area contributed by atoms with Crippen LogP contribution in [0.25, 0.3) is 21.8 Å². The lowest BCUT2D eigenvalue weighted by Crippen LogP contribution is -2.05. The number of aromatic nitrogens is 2. The second-order valence-corrected chi connectivity index (χ2v) is 6.60. The summed E-state index contributed by atoms with van der Waals surface area (Å²) in [6.45, 7) is 2.21. The van der Waals surface area contributed by atoms with E-state index < -0.39 is 0 Å². The number of rotatable bonds is 5. The molecule has 1 N–H and O–H groups in total.